The van der Waals surface area contributed by atoms with Crippen LogP contribution in [0.1, 0.15) is 0 Å². The van der Waals surface area contributed by atoms with Gasteiger partial charge in [0.15, 0.2) is 0 Å². The maximum atomic E-state index is 10.9. The van der Waals surface area contributed by atoms with Crippen LogP contribution in [0.4, 0.5) is 0 Å². The highest BCUT2D eigenvalue weighted by Crippen LogP contribution is 2.70. The normalized spacial score (nSPS) is 14.2. The first-order valence-electron chi connectivity index (χ1n) is 3.43. The number of rotatable bonds is 3. The minimum Gasteiger partial charge on any atom is -0.351 e. The van der Waals surface area contributed by atoms with Gasteiger partial charge >= 0.3 is 20.4 Å². The fraction of sp³-hybridized carbons (Fsp3) is 0.250. The first-order chi connectivity index (χ1) is 6.61. The van der Waals surface area contributed by atoms with E-state index in [-0.39, 0.29) is 4.57 Å². The molecule has 9 nitrogen and oxygen atoms in total. The van der Waals surface area contributed by atoms with Crippen LogP contribution in [0, 0.1) is 0 Å². The predicted molar refractivity (Wildman–Crippen MR) is 46.5 cm³/mol. The largest absolute Gasteiger partial charge is 0.391 e. The van der Waals surface area contributed by atoms with E-state index in [1.807, 2.05) is 0 Å². The first kappa shape index (κ1) is 12.5. The summed E-state index contributed by atoms with van der Waals surface area (Å²) in [4.78, 5) is 38.4. The van der Waals surface area contributed by atoms with Crippen LogP contribution in [0.2, 0.25) is 0 Å². The second-order valence-corrected chi connectivity index (χ2v) is 6.43. The summed E-state index contributed by atoms with van der Waals surface area (Å²) in [7, 11) is -11.0. The van der Waals surface area contributed by atoms with Crippen LogP contribution in [0.3, 0.4) is 0 Å². The Labute approximate surface area is 83.3 Å². The van der Waals surface area contributed by atoms with Crippen LogP contribution in [0.25, 0.3) is 0 Å². The van der Waals surface area contributed by atoms with Crippen molar-refractivity contribution in [3.05, 3.63) is 18.7 Å². The van der Waals surface area contributed by atoms with Crippen molar-refractivity contribution in [2.75, 3.05) is 0 Å². The molecule has 0 spiro atoms. The van der Waals surface area contributed by atoms with E-state index in [1.54, 1.807) is 0 Å². The third kappa shape index (κ3) is 1.91. The molecule has 0 fully saturated rings. The van der Waals surface area contributed by atoms with E-state index in [4.69, 9.17) is 19.6 Å². The molecule has 11 heteroatoms. The standard InChI is InChI=1S/C4H8N2O7P2/c7-4(14(8,9)10,15(11,12)13)6-2-1-5-3-6/h1-3,7H,(H2,8,9,10)(H2,11,12,13). The smallest absolute Gasteiger partial charge is 0.351 e. The monoisotopic (exact) mass is 258 g/mol. The Morgan fingerprint density at radius 1 is 1.13 bits per heavy atom. The van der Waals surface area contributed by atoms with Gasteiger partial charge in [-0.1, -0.05) is 0 Å². The summed E-state index contributed by atoms with van der Waals surface area (Å²) < 4.78 is 22.1. The quantitative estimate of drug-likeness (QED) is 0.423. The van der Waals surface area contributed by atoms with Crippen LogP contribution in [-0.4, -0.2) is 34.2 Å². The van der Waals surface area contributed by atoms with Crippen molar-refractivity contribution in [2.24, 2.45) is 0 Å². The van der Waals surface area contributed by atoms with Gasteiger partial charge in [-0.15, -0.1) is 0 Å². The third-order valence-corrected chi connectivity index (χ3v) is 5.22. The average molecular weight is 258 g/mol. The Morgan fingerprint density at radius 2 is 1.60 bits per heavy atom. The number of aliphatic hydroxyl groups is 1. The Bertz CT molecular complexity index is 408. The lowest BCUT2D eigenvalue weighted by molar-refractivity contribution is 0.0709. The Morgan fingerprint density at radius 3 is 1.87 bits per heavy atom. The van der Waals surface area contributed by atoms with Gasteiger partial charge in [0.05, 0.1) is 6.33 Å². The molecule has 0 saturated carbocycles. The van der Waals surface area contributed by atoms with E-state index in [1.165, 1.54) is 0 Å². The number of aromatic nitrogens is 2. The van der Waals surface area contributed by atoms with Crippen molar-refractivity contribution < 1.29 is 33.8 Å². The van der Waals surface area contributed by atoms with Gasteiger partial charge in [0.1, 0.15) is 0 Å². The molecule has 1 aromatic rings. The molecule has 0 radical (unpaired) electrons. The van der Waals surface area contributed by atoms with Crippen LogP contribution >= 0.6 is 15.2 Å². The molecule has 15 heavy (non-hydrogen) atoms. The van der Waals surface area contributed by atoms with Crippen molar-refractivity contribution in [3.63, 3.8) is 0 Å². The van der Waals surface area contributed by atoms with Gasteiger partial charge in [-0.05, 0) is 0 Å². The molecule has 0 atom stereocenters. The summed E-state index contributed by atoms with van der Waals surface area (Å²) in [6.45, 7) is 0. The number of nitrogens with zero attached hydrogens (tertiary/aromatic N) is 2. The van der Waals surface area contributed by atoms with E-state index >= 15 is 0 Å². The van der Waals surface area contributed by atoms with Gasteiger partial charge in [-0.25, -0.2) is 4.98 Å². The lowest BCUT2D eigenvalue weighted by Crippen LogP contribution is -2.32. The van der Waals surface area contributed by atoms with Gasteiger partial charge < -0.3 is 24.7 Å². The molecule has 1 rings (SSSR count). The average Bonchev–Trinajstić information content (AvgIpc) is 2.49. The highest BCUT2D eigenvalue weighted by Gasteiger charge is 2.61. The summed E-state index contributed by atoms with van der Waals surface area (Å²) in [5.41, 5.74) is 0. The summed E-state index contributed by atoms with van der Waals surface area (Å²) >= 11 is 0. The summed E-state index contributed by atoms with van der Waals surface area (Å²) in [5.74, 6) is 0. The molecule has 0 aliphatic carbocycles. The van der Waals surface area contributed by atoms with E-state index in [0.29, 0.717) is 6.33 Å². The summed E-state index contributed by atoms with van der Waals surface area (Å²) in [5, 5.41) is 5.83. The number of hydrogen-bond acceptors (Lipinski definition) is 4. The SMILES string of the molecule is O=P(O)(O)C(O)(n1ccnc1)P(=O)(O)O. The lowest BCUT2D eigenvalue weighted by Gasteiger charge is -2.29. The van der Waals surface area contributed by atoms with Crippen LogP contribution in [0.5, 0.6) is 0 Å². The van der Waals surface area contributed by atoms with Crippen molar-refractivity contribution in [1.29, 1.82) is 0 Å². The second kappa shape index (κ2) is 3.50. The highest BCUT2D eigenvalue weighted by atomic mass is 31.2. The highest BCUT2D eigenvalue weighted by molar-refractivity contribution is 7.70. The maximum absolute atomic E-state index is 10.9. The molecular formula is C4H8N2O7P2. The summed E-state index contributed by atoms with van der Waals surface area (Å²) in [6.07, 6.45) is 2.53. The molecule has 0 saturated heterocycles. The van der Waals surface area contributed by atoms with Gasteiger partial charge in [-0.2, -0.15) is 0 Å². The van der Waals surface area contributed by atoms with Crippen molar-refractivity contribution in [2.45, 2.75) is 5.21 Å². The maximum Gasteiger partial charge on any atom is 0.391 e. The molecule has 5 N–H and O–H groups in total. The predicted octanol–water partition coefficient (Wildman–Crippen LogP) is -1.20. The Hall–Kier alpha value is -0.530. The molecule has 86 valence electrons. The Kier molecular flexibility index (Phi) is 2.92. The van der Waals surface area contributed by atoms with Crippen molar-refractivity contribution >= 4 is 15.2 Å². The van der Waals surface area contributed by atoms with Gasteiger partial charge in [0.2, 0.25) is 0 Å². The molecule has 0 bridgehead atoms. The van der Waals surface area contributed by atoms with E-state index in [9.17, 15) is 14.2 Å². The third-order valence-electron chi connectivity index (χ3n) is 1.63. The fourth-order valence-electron chi connectivity index (χ4n) is 0.907. The zero-order valence-corrected chi connectivity index (χ0v) is 8.86. The topological polar surface area (TPSA) is 153 Å². The minimum absolute atomic E-state index is 0.272. The molecule has 1 heterocycles. The van der Waals surface area contributed by atoms with Gasteiger partial charge in [-0.3, -0.25) is 13.7 Å². The van der Waals surface area contributed by atoms with Gasteiger partial charge in [0, 0.05) is 12.4 Å². The van der Waals surface area contributed by atoms with E-state index in [0.717, 1.165) is 12.4 Å². The molecule has 1 aromatic heterocycles. The fourth-order valence-corrected chi connectivity index (χ4v) is 3.10. The second-order valence-electron chi connectivity index (χ2n) is 2.66. The van der Waals surface area contributed by atoms with Crippen molar-refractivity contribution in [3.8, 4) is 0 Å². The zero-order chi connectivity index (χ0) is 11.9. The molecule has 0 unspecified atom stereocenters. The molecule has 0 aromatic carbocycles. The van der Waals surface area contributed by atoms with Crippen LogP contribution in [0.15, 0.2) is 18.7 Å². The molecular weight excluding hydrogens is 250 g/mol. The van der Waals surface area contributed by atoms with Crippen LogP contribution < -0.4 is 0 Å². The van der Waals surface area contributed by atoms with E-state index < -0.39 is 20.4 Å². The molecule has 0 amide bonds. The van der Waals surface area contributed by atoms with Crippen LogP contribution in [-0.2, 0) is 14.3 Å². The minimum atomic E-state index is -5.48. The summed E-state index contributed by atoms with van der Waals surface area (Å²) in [6, 6.07) is 0. The van der Waals surface area contributed by atoms with Crippen molar-refractivity contribution in [1.82, 2.24) is 9.55 Å². The zero-order valence-electron chi connectivity index (χ0n) is 7.07. The molecule has 0 aliphatic heterocycles. The molecule has 0 aliphatic rings. The van der Waals surface area contributed by atoms with E-state index in [2.05, 4.69) is 4.98 Å². The number of hydrogen-bond donors (Lipinski definition) is 5. The number of imidazole rings is 1. The first-order valence-corrected chi connectivity index (χ1v) is 6.65. The Balaban J connectivity index is 3.47. The van der Waals surface area contributed by atoms with Gasteiger partial charge in [0.25, 0.3) is 0 Å². The lowest BCUT2D eigenvalue weighted by atomic mass is 10.9.